The van der Waals surface area contributed by atoms with Crippen molar-refractivity contribution < 1.29 is 9.18 Å². The zero-order valence-electron chi connectivity index (χ0n) is 13.4. The van der Waals surface area contributed by atoms with Crippen LogP contribution in [0.5, 0.6) is 0 Å². The molecule has 21 heavy (non-hydrogen) atoms. The number of benzene rings is 1. The quantitative estimate of drug-likeness (QED) is 0.784. The fourth-order valence-corrected chi connectivity index (χ4v) is 3.48. The first-order valence-corrected chi connectivity index (χ1v) is 7.91. The number of rotatable bonds is 4. The van der Waals surface area contributed by atoms with E-state index in [-0.39, 0.29) is 17.1 Å². The number of aryl methyl sites for hydroxylation is 1. The second-order valence-corrected chi connectivity index (χ2v) is 6.51. The summed E-state index contributed by atoms with van der Waals surface area (Å²) in [5, 5.41) is 0. The number of hydrogen-bond donors (Lipinski definition) is 0. The molecule has 0 bridgehead atoms. The van der Waals surface area contributed by atoms with Crippen molar-refractivity contribution in [1.82, 2.24) is 4.90 Å². The molecule has 2 rings (SSSR count). The highest BCUT2D eigenvalue weighted by atomic mass is 19.1. The molecule has 1 aromatic carbocycles. The summed E-state index contributed by atoms with van der Waals surface area (Å²) in [6, 6.07) is 4.71. The minimum absolute atomic E-state index is 0.236. The molecule has 0 atom stereocenters. The Morgan fingerprint density at radius 2 is 1.81 bits per heavy atom. The van der Waals surface area contributed by atoms with Gasteiger partial charge in [-0.25, -0.2) is 4.39 Å². The Labute approximate surface area is 127 Å². The van der Waals surface area contributed by atoms with Gasteiger partial charge < -0.3 is 0 Å². The van der Waals surface area contributed by atoms with E-state index in [9.17, 15) is 9.18 Å². The average molecular weight is 291 g/mol. The molecular formula is C18H26FNO. The van der Waals surface area contributed by atoms with Gasteiger partial charge in [0.15, 0.2) is 5.78 Å². The monoisotopic (exact) mass is 291 g/mol. The van der Waals surface area contributed by atoms with Crippen LogP contribution in [0.25, 0.3) is 0 Å². The number of halogens is 1. The fraction of sp³-hybridized carbons (Fsp3) is 0.611. The zero-order valence-corrected chi connectivity index (χ0v) is 13.4. The Hall–Kier alpha value is -1.22. The van der Waals surface area contributed by atoms with Crippen LogP contribution >= 0.6 is 0 Å². The molecule has 2 nitrogen and oxygen atoms in total. The van der Waals surface area contributed by atoms with Crippen molar-refractivity contribution >= 4 is 5.78 Å². The van der Waals surface area contributed by atoms with Crippen LogP contribution in [0.15, 0.2) is 18.2 Å². The second kappa shape index (κ2) is 6.69. The maximum atomic E-state index is 13.2. The van der Waals surface area contributed by atoms with E-state index in [0.717, 1.165) is 36.8 Å². The Kier molecular flexibility index (Phi) is 5.15. The van der Waals surface area contributed by atoms with Crippen LogP contribution in [0.4, 0.5) is 4.39 Å². The Balaban J connectivity index is 2.22. The molecule has 1 aliphatic carbocycles. The molecule has 0 spiro atoms. The molecule has 3 heteroatoms. The fourth-order valence-electron chi connectivity index (χ4n) is 3.48. The molecule has 0 N–H and O–H groups in total. The standard InChI is InChI=1S/C18H26FNO/c1-14-12-16(19)9-8-15(14)13-17(21)18(20(2)3)10-6-4-5-7-11-18/h8-9,12H,4-7,10-11,13H2,1-3H3. The number of carbonyl (C=O) groups excluding carboxylic acids is 1. The van der Waals surface area contributed by atoms with Crippen LogP contribution in [-0.2, 0) is 11.2 Å². The van der Waals surface area contributed by atoms with Crippen molar-refractivity contribution in [2.24, 2.45) is 0 Å². The largest absolute Gasteiger partial charge is 0.297 e. The van der Waals surface area contributed by atoms with Crippen molar-refractivity contribution in [1.29, 1.82) is 0 Å². The van der Waals surface area contributed by atoms with Gasteiger partial charge in [0.05, 0.1) is 5.54 Å². The number of hydrogen-bond acceptors (Lipinski definition) is 2. The van der Waals surface area contributed by atoms with Crippen LogP contribution in [0.3, 0.4) is 0 Å². The first-order valence-electron chi connectivity index (χ1n) is 7.91. The summed E-state index contributed by atoms with van der Waals surface area (Å²) in [6.45, 7) is 1.88. The van der Waals surface area contributed by atoms with Crippen molar-refractivity contribution in [2.75, 3.05) is 14.1 Å². The van der Waals surface area contributed by atoms with E-state index in [4.69, 9.17) is 0 Å². The van der Waals surface area contributed by atoms with Crippen LogP contribution in [0.1, 0.15) is 49.7 Å². The van der Waals surface area contributed by atoms with Gasteiger partial charge in [-0.05, 0) is 57.1 Å². The van der Waals surface area contributed by atoms with E-state index < -0.39 is 0 Å². The molecule has 0 heterocycles. The van der Waals surface area contributed by atoms with Gasteiger partial charge >= 0.3 is 0 Å². The minimum Gasteiger partial charge on any atom is -0.297 e. The van der Waals surface area contributed by atoms with Crippen molar-refractivity contribution in [3.05, 3.63) is 35.1 Å². The van der Waals surface area contributed by atoms with Gasteiger partial charge in [0.1, 0.15) is 5.82 Å². The smallest absolute Gasteiger partial charge is 0.157 e. The number of carbonyl (C=O) groups is 1. The summed E-state index contributed by atoms with van der Waals surface area (Å²) in [5.74, 6) is 0.0459. The first kappa shape index (κ1) is 16.2. The topological polar surface area (TPSA) is 20.3 Å². The number of Topliss-reactive ketones (excluding diaryl/α,β-unsaturated/α-hetero) is 1. The van der Waals surface area contributed by atoms with E-state index in [0.29, 0.717) is 6.42 Å². The molecule has 116 valence electrons. The Bertz CT molecular complexity index is 502. The third-order valence-electron chi connectivity index (χ3n) is 4.96. The molecule has 0 unspecified atom stereocenters. The van der Waals surface area contributed by atoms with Crippen LogP contribution in [0.2, 0.25) is 0 Å². The second-order valence-electron chi connectivity index (χ2n) is 6.51. The van der Waals surface area contributed by atoms with Gasteiger partial charge in [0, 0.05) is 6.42 Å². The van der Waals surface area contributed by atoms with E-state index in [2.05, 4.69) is 4.90 Å². The molecule has 0 amide bonds. The lowest BCUT2D eigenvalue weighted by atomic mass is 9.81. The average Bonchev–Trinajstić information content (AvgIpc) is 2.68. The van der Waals surface area contributed by atoms with Crippen molar-refractivity contribution in [3.8, 4) is 0 Å². The molecule has 1 saturated carbocycles. The maximum Gasteiger partial charge on any atom is 0.157 e. The van der Waals surface area contributed by atoms with E-state index in [1.807, 2.05) is 21.0 Å². The highest BCUT2D eigenvalue weighted by Gasteiger charge is 2.39. The van der Waals surface area contributed by atoms with Gasteiger partial charge in [-0.1, -0.05) is 31.7 Å². The predicted octanol–water partition coefficient (Wildman–Crippen LogP) is 3.90. The number of nitrogens with zero attached hydrogens (tertiary/aromatic N) is 1. The summed E-state index contributed by atoms with van der Waals surface area (Å²) in [4.78, 5) is 15.1. The van der Waals surface area contributed by atoms with Crippen molar-refractivity contribution in [3.63, 3.8) is 0 Å². The summed E-state index contributed by atoms with van der Waals surface area (Å²) in [7, 11) is 4.03. The normalized spacial score (nSPS) is 18.5. The third-order valence-corrected chi connectivity index (χ3v) is 4.96. The van der Waals surface area contributed by atoms with Gasteiger partial charge in [-0.3, -0.25) is 9.69 Å². The summed E-state index contributed by atoms with van der Waals surface area (Å²) >= 11 is 0. The van der Waals surface area contributed by atoms with E-state index >= 15 is 0 Å². The molecule has 0 radical (unpaired) electrons. The lowest BCUT2D eigenvalue weighted by molar-refractivity contribution is -0.130. The third kappa shape index (κ3) is 3.52. The SMILES string of the molecule is Cc1cc(F)ccc1CC(=O)C1(N(C)C)CCCCCC1. The first-order chi connectivity index (χ1) is 9.95. The number of ketones is 1. The summed E-state index contributed by atoms with van der Waals surface area (Å²) in [5.41, 5.74) is 1.48. The Morgan fingerprint density at radius 3 is 2.33 bits per heavy atom. The van der Waals surface area contributed by atoms with E-state index in [1.165, 1.54) is 25.0 Å². The zero-order chi connectivity index (χ0) is 15.5. The predicted molar refractivity (Wildman–Crippen MR) is 84.0 cm³/mol. The van der Waals surface area contributed by atoms with Gasteiger partial charge in [-0.2, -0.15) is 0 Å². The molecule has 0 aromatic heterocycles. The highest BCUT2D eigenvalue weighted by molar-refractivity contribution is 5.90. The maximum absolute atomic E-state index is 13.2. The molecule has 0 aliphatic heterocycles. The summed E-state index contributed by atoms with van der Waals surface area (Å²) in [6.07, 6.45) is 6.97. The van der Waals surface area contributed by atoms with Crippen LogP contribution < -0.4 is 0 Å². The molecule has 0 saturated heterocycles. The molecule has 1 aromatic rings. The number of likely N-dealkylation sites (N-methyl/N-ethyl adjacent to an activating group) is 1. The molecule has 1 aliphatic rings. The molecule has 1 fully saturated rings. The highest BCUT2D eigenvalue weighted by Crippen LogP contribution is 2.33. The Morgan fingerprint density at radius 1 is 1.19 bits per heavy atom. The lowest BCUT2D eigenvalue weighted by Crippen LogP contribution is -2.51. The minimum atomic E-state index is -0.336. The van der Waals surface area contributed by atoms with Crippen LogP contribution in [0, 0.1) is 12.7 Å². The lowest BCUT2D eigenvalue weighted by Gasteiger charge is -2.38. The van der Waals surface area contributed by atoms with E-state index in [1.54, 1.807) is 6.07 Å². The molecular weight excluding hydrogens is 265 g/mol. The van der Waals surface area contributed by atoms with Crippen LogP contribution in [-0.4, -0.2) is 30.3 Å². The van der Waals surface area contributed by atoms with Gasteiger partial charge in [0.2, 0.25) is 0 Å². The van der Waals surface area contributed by atoms with Gasteiger partial charge in [-0.15, -0.1) is 0 Å². The summed E-state index contributed by atoms with van der Waals surface area (Å²) < 4.78 is 13.2. The van der Waals surface area contributed by atoms with Gasteiger partial charge in [0.25, 0.3) is 0 Å². The van der Waals surface area contributed by atoms with Crippen molar-refractivity contribution in [2.45, 2.75) is 57.4 Å².